The van der Waals surface area contributed by atoms with Crippen LogP contribution in [-0.4, -0.2) is 53.4 Å². The molecule has 0 radical (unpaired) electrons. The van der Waals surface area contributed by atoms with Gasteiger partial charge in [-0.1, -0.05) is 6.58 Å². The van der Waals surface area contributed by atoms with Crippen molar-refractivity contribution in [2.75, 3.05) is 19.7 Å². The maximum Gasteiger partial charge on any atom is 0.416 e. The zero-order chi connectivity index (χ0) is 27.3. The van der Waals surface area contributed by atoms with E-state index in [1.807, 2.05) is 6.07 Å². The zero-order valence-electron chi connectivity index (χ0n) is 20.3. The monoisotopic (exact) mass is 524 g/mol. The van der Waals surface area contributed by atoms with Crippen LogP contribution in [0.3, 0.4) is 0 Å². The molecule has 1 unspecified atom stereocenters. The number of benzene rings is 2. The quantitative estimate of drug-likeness (QED) is 0.156. The number of rotatable bonds is 8. The first-order valence-electron chi connectivity index (χ1n) is 11.7. The van der Waals surface area contributed by atoms with Crippen LogP contribution in [0.4, 0.5) is 17.6 Å². The third-order valence-electron chi connectivity index (χ3n) is 6.24. The van der Waals surface area contributed by atoms with Crippen LogP contribution in [0.1, 0.15) is 17.9 Å². The van der Waals surface area contributed by atoms with Crippen LogP contribution >= 0.6 is 0 Å². The molecule has 1 aliphatic heterocycles. The third kappa shape index (κ3) is 5.96. The van der Waals surface area contributed by atoms with Crippen molar-refractivity contribution < 1.29 is 27.1 Å². The number of allylic oxidation sites excluding steroid dienone is 2. The first-order chi connectivity index (χ1) is 18.2. The van der Waals surface area contributed by atoms with Gasteiger partial charge in [0.1, 0.15) is 24.5 Å². The highest BCUT2D eigenvalue weighted by Gasteiger charge is 2.31. The van der Waals surface area contributed by atoms with Crippen LogP contribution < -0.4 is 4.74 Å². The van der Waals surface area contributed by atoms with Crippen molar-refractivity contribution >= 4 is 23.5 Å². The molecule has 6 nitrogen and oxygen atoms in total. The third-order valence-corrected chi connectivity index (χ3v) is 6.24. The van der Waals surface area contributed by atoms with Crippen molar-refractivity contribution in [3.05, 3.63) is 90.8 Å². The van der Waals surface area contributed by atoms with Gasteiger partial charge in [0.15, 0.2) is 0 Å². The predicted molar refractivity (Wildman–Crippen MR) is 137 cm³/mol. The number of alkyl halides is 3. The summed E-state index contributed by atoms with van der Waals surface area (Å²) in [5, 5.41) is 0.722. The lowest BCUT2D eigenvalue weighted by Crippen LogP contribution is -2.26. The number of aliphatic imine (C=N–C) groups is 1. The maximum absolute atomic E-state index is 15.2. The average molecular weight is 525 g/mol. The van der Waals surface area contributed by atoms with Crippen LogP contribution in [0.2, 0.25) is 0 Å². The zero-order valence-corrected chi connectivity index (χ0v) is 20.3. The topological polar surface area (TPSA) is 67.7 Å². The number of hydrogen-bond donors (Lipinski definition) is 0. The summed E-state index contributed by atoms with van der Waals surface area (Å²) in [6.45, 7) is 7.31. The Morgan fingerprint density at radius 1 is 1.26 bits per heavy atom. The van der Waals surface area contributed by atoms with Crippen LogP contribution in [0, 0.1) is 5.82 Å². The highest BCUT2D eigenvalue weighted by molar-refractivity contribution is 5.89. The lowest BCUT2D eigenvalue weighted by molar-refractivity contribution is -0.125. The number of halogens is 4. The minimum absolute atomic E-state index is 0.00173. The molecule has 38 heavy (non-hydrogen) atoms. The molecule has 2 heterocycles. The number of ether oxygens (including phenoxy) is 1. The van der Waals surface area contributed by atoms with E-state index >= 15 is 4.39 Å². The normalized spacial score (nSPS) is 16.3. The van der Waals surface area contributed by atoms with Crippen molar-refractivity contribution in [2.24, 2.45) is 4.99 Å². The molecule has 0 saturated carbocycles. The van der Waals surface area contributed by atoms with Crippen LogP contribution in [0.25, 0.3) is 22.0 Å². The molecule has 10 heteroatoms. The number of hydrogen-bond acceptors (Lipinski definition) is 5. The summed E-state index contributed by atoms with van der Waals surface area (Å²) in [5.41, 5.74) is 1.53. The van der Waals surface area contributed by atoms with E-state index in [-0.39, 0.29) is 23.1 Å². The summed E-state index contributed by atoms with van der Waals surface area (Å²) in [6.07, 6.45) is 3.05. The first-order valence-corrected chi connectivity index (χ1v) is 11.7. The lowest BCUT2D eigenvalue weighted by atomic mass is 9.91. The minimum atomic E-state index is -4.59. The number of aromatic nitrogens is 2. The predicted octanol–water partition coefficient (Wildman–Crippen LogP) is 6.02. The van der Waals surface area contributed by atoms with E-state index in [1.54, 1.807) is 17.2 Å². The fourth-order valence-electron chi connectivity index (χ4n) is 4.40. The van der Waals surface area contributed by atoms with Gasteiger partial charge in [0.2, 0.25) is 5.91 Å². The number of fused-ring (bicyclic) bond motifs is 1. The van der Waals surface area contributed by atoms with Crippen molar-refractivity contribution in [3.8, 4) is 16.9 Å². The van der Waals surface area contributed by atoms with Gasteiger partial charge in [-0.2, -0.15) is 13.2 Å². The van der Waals surface area contributed by atoms with Crippen molar-refractivity contribution in [1.29, 1.82) is 0 Å². The lowest BCUT2D eigenvalue weighted by Gasteiger charge is -2.17. The second kappa shape index (κ2) is 11.4. The molecule has 2 aromatic carbocycles. The SMILES string of the molecule is C=CC(=O)N1CCC(c2cc(-c3ccc(OC/C=C(\C=C/N=C)C(F)(F)F)cc3F)cc3cncnc23)C1. The molecule has 3 aromatic rings. The Balaban J connectivity index is 1.60. The number of carbonyl (C=O) groups is 1. The summed E-state index contributed by atoms with van der Waals surface area (Å²) in [5.74, 6) is -0.666. The van der Waals surface area contributed by atoms with Crippen LogP contribution in [0.15, 0.2) is 84.4 Å². The fourth-order valence-corrected chi connectivity index (χ4v) is 4.40. The van der Waals surface area contributed by atoms with E-state index in [9.17, 15) is 18.0 Å². The second-order valence-electron chi connectivity index (χ2n) is 8.61. The Morgan fingerprint density at radius 3 is 2.79 bits per heavy atom. The smallest absolute Gasteiger partial charge is 0.416 e. The van der Waals surface area contributed by atoms with E-state index in [0.29, 0.717) is 18.7 Å². The van der Waals surface area contributed by atoms with Crippen molar-refractivity contribution in [3.63, 3.8) is 0 Å². The average Bonchev–Trinajstić information content (AvgIpc) is 3.39. The summed E-state index contributed by atoms with van der Waals surface area (Å²) >= 11 is 0. The van der Waals surface area contributed by atoms with E-state index in [2.05, 4.69) is 28.3 Å². The van der Waals surface area contributed by atoms with Gasteiger partial charge in [0, 0.05) is 48.4 Å². The van der Waals surface area contributed by atoms with Gasteiger partial charge in [-0.3, -0.25) is 9.79 Å². The van der Waals surface area contributed by atoms with Crippen molar-refractivity contribution in [2.45, 2.75) is 18.5 Å². The van der Waals surface area contributed by atoms with Gasteiger partial charge in [-0.25, -0.2) is 14.4 Å². The Hall–Kier alpha value is -4.34. The van der Waals surface area contributed by atoms with Gasteiger partial charge >= 0.3 is 6.18 Å². The molecule has 0 bridgehead atoms. The molecular weight excluding hydrogens is 500 g/mol. The van der Waals surface area contributed by atoms with E-state index in [4.69, 9.17) is 4.74 Å². The maximum atomic E-state index is 15.2. The molecule has 1 aromatic heterocycles. The van der Waals surface area contributed by atoms with E-state index < -0.39 is 24.2 Å². The molecule has 4 rings (SSSR count). The number of amides is 1. The summed E-state index contributed by atoms with van der Waals surface area (Å²) in [4.78, 5) is 25.6. The summed E-state index contributed by atoms with van der Waals surface area (Å²) in [6, 6.07) is 7.77. The second-order valence-corrected chi connectivity index (χ2v) is 8.61. The number of likely N-dealkylation sites (tertiary alicyclic amines) is 1. The molecule has 1 aliphatic rings. The Kier molecular flexibility index (Phi) is 7.99. The van der Waals surface area contributed by atoms with Gasteiger partial charge in [-0.05, 0) is 66.8 Å². The molecule has 0 spiro atoms. The van der Waals surface area contributed by atoms with Gasteiger partial charge < -0.3 is 9.64 Å². The Labute approximate surface area is 216 Å². The largest absolute Gasteiger partial charge is 0.489 e. The highest BCUT2D eigenvalue weighted by Crippen LogP contribution is 2.36. The molecule has 0 N–H and O–H groups in total. The summed E-state index contributed by atoms with van der Waals surface area (Å²) < 4.78 is 59.8. The van der Waals surface area contributed by atoms with Crippen LogP contribution in [-0.2, 0) is 4.79 Å². The van der Waals surface area contributed by atoms with E-state index in [1.165, 1.54) is 24.5 Å². The van der Waals surface area contributed by atoms with Crippen LogP contribution in [0.5, 0.6) is 5.75 Å². The van der Waals surface area contributed by atoms with Crippen molar-refractivity contribution in [1.82, 2.24) is 14.9 Å². The first kappa shape index (κ1) is 26.7. The standard InChI is InChI=1S/C28H24F4N4O2/c1-3-26(37)36-10-7-18(16-36)24-13-19(12-20-15-34-17-35-27(20)24)23-5-4-22(14-25(23)29)38-11-8-21(6-9-33-2)28(30,31)32/h3-6,8-9,12-15,17-18H,1-2,7,10-11,16H2/b9-6-,21-8+. The van der Waals surface area contributed by atoms with Gasteiger partial charge in [0.05, 0.1) is 11.1 Å². The van der Waals surface area contributed by atoms with Gasteiger partial charge in [-0.15, -0.1) is 0 Å². The minimum Gasteiger partial charge on any atom is -0.489 e. The molecule has 1 atom stereocenters. The molecule has 0 aliphatic carbocycles. The number of nitrogens with zero attached hydrogens (tertiary/aromatic N) is 4. The Morgan fingerprint density at radius 2 is 2.08 bits per heavy atom. The fraction of sp³-hybridized carbons (Fsp3) is 0.214. The highest BCUT2D eigenvalue weighted by atomic mass is 19.4. The molecule has 1 fully saturated rings. The molecule has 1 amide bonds. The molecular formula is C28H24F4N4O2. The van der Waals surface area contributed by atoms with Gasteiger partial charge in [0.25, 0.3) is 0 Å². The van der Waals surface area contributed by atoms with E-state index in [0.717, 1.165) is 47.3 Å². The molecule has 1 saturated heterocycles. The Bertz CT molecular complexity index is 1430. The number of carbonyl (C=O) groups excluding carboxylic acids is 1. The summed E-state index contributed by atoms with van der Waals surface area (Å²) in [7, 11) is 0. The molecule has 196 valence electrons.